The molecule has 1 unspecified atom stereocenters. The number of H-pyrrole nitrogens is 2. The fourth-order valence-corrected chi connectivity index (χ4v) is 3.52. The van der Waals surface area contributed by atoms with Crippen LogP contribution in [-0.4, -0.2) is 38.6 Å². The summed E-state index contributed by atoms with van der Waals surface area (Å²) in [7, 11) is 1.46. The maximum absolute atomic E-state index is 12.1. The Morgan fingerprint density at radius 1 is 1.36 bits per heavy atom. The molecule has 1 atom stereocenters. The molecule has 3 aromatic rings. The second kappa shape index (κ2) is 6.19. The number of nitrogens with one attached hydrogen (secondary N) is 2. The lowest BCUT2D eigenvalue weighted by atomic mass is 10.1. The van der Waals surface area contributed by atoms with Crippen LogP contribution in [-0.2, 0) is 6.42 Å². The molecule has 0 amide bonds. The van der Waals surface area contributed by atoms with Crippen LogP contribution in [0.5, 0.6) is 5.75 Å². The number of anilines is 1. The molecule has 1 saturated heterocycles. The molecule has 0 bridgehead atoms. The summed E-state index contributed by atoms with van der Waals surface area (Å²) in [5.74, 6) is 1.75. The lowest BCUT2D eigenvalue weighted by Gasteiger charge is -2.25. The van der Waals surface area contributed by atoms with Gasteiger partial charge >= 0.3 is 0 Å². The molecule has 0 spiro atoms. The standard InChI is InChI=1S/C17H20N6O2/c1-3-10-7-18-15-13(10)16(21-9-20-15)23-6-4-5-11(23)14-19-8-12(25-2)17(24)22-14/h7-9,11H,3-6H2,1-2H3,(H,18,20,21)(H,19,22,24). The molecule has 1 aliphatic heterocycles. The highest BCUT2D eigenvalue weighted by Gasteiger charge is 2.31. The third-order valence-corrected chi connectivity index (χ3v) is 4.76. The largest absolute Gasteiger partial charge is 0.490 e. The van der Waals surface area contributed by atoms with Crippen LogP contribution in [0.15, 0.2) is 23.5 Å². The van der Waals surface area contributed by atoms with E-state index in [-0.39, 0.29) is 17.4 Å². The summed E-state index contributed by atoms with van der Waals surface area (Å²) in [4.78, 5) is 33.6. The SMILES string of the molecule is CCc1c[nH]c2ncnc(N3CCCC3c3ncc(OC)c(=O)[nH]3)c12. The minimum absolute atomic E-state index is 0.0173. The van der Waals surface area contributed by atoms with Gasteiger partial charge in [-0.05, 0) is 24.8 Å². The second-order valence-corrected chi connectivity index (χ2v) is 6.11. The molecule has 4 rings (SSSR count). The van der Waals surface area contributed by atoms with E-state index in [0.717, 1.165) is 42.7 Å². The van der Waals surface area contributed by atoms with Gasteiger partial charge < -0.3 is 19.6 Å². The van der Waals surface area contributed by atoms with E-state index in [1.165, 1.54) is 18.9 Å². The van der Waals surface area contributed by atoms with Crippen LogP contribution < -0.4 is 15.2 Å². The number of hydrogen-bond acceptors (Lipinski definition) is 6. The number of hydrogen-bond donors (Lipinski definition) is 2. The van der Waals surface area contributed by atoms with Crippen molar-refractivity contribution < 1.29 is 4.74 Å². The van der Waals surface area contributed by atoms with Crippen LogP contribution >= 0.6 is 0 Å². The summed E-state index contributed by atoms with van der Waals surface area (Å²) >= 11 is 0. The van der Waals surface area contributed by atoms with Gasteiger partial charge in [-0.1, -0.05) is 6.92 Å². The van der Waals surface area contributed by atoms with Crippen LogP contribution in [0.25, 0.3) is 11.0 Å². The lowest BCUT2D eigenvalue weighted by Crippen LogP contribution is -2.27. The van der Waals surface area contributed by atoms with Crippen molar-refractivity contribution in [3.63, 3.8) is 0 Å². The van der Waals surface area contributed by atoms with E-state index in [4.69, 9.17) is 4.74 Å². The summed E-state index contributed by atoms with van der Waals surface area (Å²) < 4.78 is 5.01. The van der Waals surface area contributed by atoms with E-state index in [0.29, 0.717) is 5.82 Å². The van der Waals surface area contributed by atoms with Crippen LogP contribution in [0.2, 0.25) is 0 Å². The Kier molecular flexibility index (Phi) is 3.87. The Hall–Kier alpha value is -2.90. The Bertz CT molecular complexity index is 963. The van der Waals surface area contributed by atoms with Gasteiger partial charge in [-0.15, -0.1) is 0 Å². The zero-order valence-electron chi connectivity index (χ0n) is 14.2. The number of aromatic nitrogens is 5. The fourth-order valence-electron chi connectivity index (χ4n) is 3.52. The van der Waals surface area contributed by atoms with Crippen molar-refractivity contribution in [3.05, 3.63) is 40.5 Å². The second-order valence-electron chi connectivity index (χ2n) is 6.11. The van der Waals surface area contributed by atoms with Gasteiger partial charge in [-0.3, -0.25) is 4.79 Å². The van der Waals surface area contributed by atoms with Gasteiger partial charge in [0.05, 0.1) is 24.7 Å². The van der Waals surface area contributed by atoms with Gasteiger partial charge in [0.2, 0.25) is 5.75 Å². The topological polar surface area (TPSA) is 99.8 Å². The number of rotatable bonds is 4. The monoisotopic (exact) mass is 340 g/mol. The smallest absolute Gasteiger partial charge is 0.293 e. The zero-order chi connectivity index (χ0) is 17.4. The van der Waals surface area contributed by atoms with E-state index in [1.807, 2.05) is 6.20 Å². The zero-order valence-corrected chi connectivity index (χ0v) is 14.2. The molecule has 8 heteroatoms. The van der Waals surface area contributed by atoms with Crippen LogP contribution in [0.4, 0.5) is 5.82 Å². The van der Waals surface area contributed by atoms with Crippen molar-refractivity contribution >= 4 is 16.9 Å². The average molecular weight is 340 g/mol. The number of nitrogens with zero attached hydrogens (tertiary/aromatic N) is 4. The molecule has 0 radical (unpaired) electrons. The van der Waals surface area contributed by atoms with Gasteiger partial charge in [-0.25, -0.2) is 15.0 Å². The summed E-state index contributed by atoms with van der Waals surface area (Å²) in [6.45, 7) is 2.98. The fraction of sp³-hybridized carbons (Fsp3) is 0.412. The molecule has 25 heavy (non-hydrogen) atoms. The average Bonchev–Trinajstić information content (AvgIpc) is 3.28. The van der Waals surface area contributed by atoms with Crippen molar-refractivity contribution in [2.24, 2.45) is 0 Å². The first kappa shape index (κ1) is 15.6. The van der Waals surface area contributed by atoms with E-state index >= 15 is 0 Å². The third kappa shape index (κ3) is 2.54. The van der Waals surface area contributed by atoms with Crippen molar-refractivity contribution in [2.45, 2.75) is 32.2 Å². The maximum Gasteiger partial charge on any atom is 0.293 e. The lowest BCUT2D eigenvalue weighted by molar-refractivity contribution is 0.404. The number of methoxy groups -OCH3 is 1. The van der Waals surface area contributed by atoms with Crippen LogP contribution in [0.1, 0.15) is 37.2 Å². The third-order valence-electron chi connectivity index (χ3n) is 4.76. The Labute approximate surface area is 144 Å². The molecule has 0 aliphatic carbocycles. The highest BCUT2D eigenvalue weighted by atomic mass is 16.5. The highest BCUT2D eigenvalue weighted by Crippen LogP contribution is 2.37. The minimum atomic E-state index is -0.261. The number of fused-ring (bicyclic) bond motifs is 1. The maximum atomic E-state index is 12.1. The Balaban J connectivity index is 1.79. The highest BCUT2D eigenvalue weighted by molar-refractivity contribution is 5.91. The van der Waals surface area contributed by atoms with E-state index in [9.17, 15) is 4.79 Å². The Morgan fingerprint density at radius 2 is 2.24 bits per heavy atom. The van der Waals surface area contributed by atoms with Crippen molar-refractivity contribution in [1.29, 1.82) is 0 Å². The molecule has 8 nitrogen and oxygen atoms in total. The van der Waals surface area contributed by atoms with Gasteiger partial charge in [0.15, 0.2) is 0 Å². The molecule has 130 valence electrons. The van der Waals surface area contributed by atoms with Crippen molar-refractivity contribution in [1.82, 2.24) is 24.9 Å². The number of aryl methyl sites for hydroxylation is 1. The van der Waals surface area contributed by atoms with Gasteiger partial charge in [0.1, 0.15) is 23.6 Å². The molecule has 1 fully saturated rings. The molecule has 3 aromatic heterocycles. The predicted molar refractivity (Wildman–Crippen MR) is 94.0 cm³/mol. The van der Waals surface area contributed by atoms with E-state index in [1.54, 1.807) is 6.33 Å². The summed E-state index contributed by atoms with van der Waals surface area (Å²) in [5.41, 5.74) is 1.76. The molecular formula is C17H20N6O2. The quantitative estimate of drug-likeness (QED) is 0.753. The van der Waals surface area contributed by atoms with Gasteiger partial charge in [-0.2, -0.15) is 0 Å². The normalized spacial score (nSPS) is 17.4. The minimum Gasteiger partial charge on any atom is -0.490 e. The van der Waals surface area contributed by atoms with E-state index in [2.05, 4.69) is 36.7 Å². The Morgan fingerprint density at radius 3 is 3.00 bits per heavy atom. The van der Waals surface area contributed by atoms with E-state index < -0.39 is 0 Å². The first-order chi connectivity index (χ1) is 12.2. The van der Waals surface area contributed by atoms with Crippen molar-refractivity contribution in [3.8, 4) is 5.75 Å². The molecule has 4 heterocycles. The number of ether oxygens (including phenoxy) is 1. The van der Waals surface area contributed by atoms with Gasteiger partial charge in [0.25, 0.3) is 5.56 Å². The summed E-state index contributed by atoms with van der Waals surface area (Å²) in [6.07, 6.45) is 7.86. The van der Waals surface area contributed by atoms with Crippen LogP contribution in [0.3, 0.4) is 0 Å². The summed E-state index contributed by atoms with van der Waals surface area (Å²) in [5, 5.41) is 1.05. The molecule has 2 N–H and O–H groups in total. The molecule has 1 aliphatic rings. The van der Waals surface area contributed by atoms with Gasteiger partial charge in [0, 0.05) is 12.7 Å². The predicted octanol–water partition coefficient (Wildman–Crippen LogP) is 1.95. The first-order valence-corrected chi connectivity index (χ1v) is 8.43. The van der Waals surface area contributed by atoms with Crippen molar-refractivity contribution in [2.75, 3.05) is 18.6 Å². The first-order valence-electron chi connectivity index (χ1n) is 8.43. The summed E-state index contributed by atoms with van der Waals surface area (Å²) in [6, 6.07) is -0.0173. The molecular weight excluding hydrogens is 320 g/mol. The van der Waals surface area contributed by atoms with Crippen LogP contribution in [0, 0.1) is 0 Å². The molecule has 0 aromatic carbocycles. The number of aromatic amines is 2. The molecule has 0 saturated carbocycles.